The summed E-state index contributed by atoms with van der Waals surface area (Å²) in [5, 5.41) is 0. The molecule has 1 aliphatic rings. The zero-order valence-electron chi connectivity index (χ0n) is 16.6. The molecule has 7 heteroatoms. The van der Waals surface area contributed by atoms with E-state index in [1.807, 2.05) is 18.0 Å². The van der Waals surface area contributed by atoms with Gasteiger partial charge < -0.3 is 9.80 Å². The fourth-order valence-corrected chi connectivity index (χ4v) is 3.72. The zero-order chi connectivity index (χ0) is 19.2. The largest absolute Gasteiger partial charge is 0.370 e. The standard InChI is InChI=1S/C20H30N6O/c1-4-25(5-2)15-18(27)24(3)14-16-7-12-26(13-8-16)17-6-9-22-20-19(17)21-10-11-23-20/h6,9-11,16H,4-5,7-8,12-15H2,1-3H3. The number of aromatic nitrogens is 3. The predicted octanol–water partition coefficient (Wildman–Crippen LogP) is 2.04. The molecule has 0 N–H and O–H groups in total. The van der Waals surface area contributed by atoms with Gasteiger partial charge in [-0.2, -0.15) is 0 Å². The Morgan fingerprint density at radius 3 is 2.48 bits per heavy atom. The third-order valence-corrected chi connectivity index (χ3v) is 5.52. The lowest BCUT2D eigenvalue weighted by atomic mass is 9.96. The lowest BCUT2D eigenvalue weighted by Crippen LogP contribution is -2.43. The van der Waals surface area contributed by atoms with Gasteiger partial charge in [0, 0.05) is 45.3 Å². The van der Waals surface area contributed by atoms with E-state index in [1.54, 1.807) is 18.6 Å². The summed E-state index contributed by atoms with van der Waals surface area (Å²) in [7, 11) is 1.93. The average molecular weight is 371 g/mol. The number of carbonyl (C=O) groups is 1. The van der Waals surface area contributed by atoms with Crippen molar-refractivity contribution in [3.8, 4) is 0 Å². The van der Waals surface area contributed by atoms with E-state index < -0.39 is 0 Å². The number of fused-ring (bicyclic) bond motifs is 1. The van der Waals surface area contributed by atoms with Crippen molar-refractivity contribution in [2.75, 3.05) is 51.2 Å². The Kier molecular flexibility index (Phi) is 6.55. The Bertz CT molecular complexity index is 750. The van der Waals surface area contributed by atoms with Crippen LogP contribution in [0.4, 0.5) is 5.69 Å². The van der Waals surface area contributed by atoms with Crippen LogP contribution in [0.15, 0.2) is 24.7 Å². The quantitative estimate of drug-likeness (QED) is 0.743. The van der Waals surface area contributed by atoms with Gasteiger partial charge in [0.15, 0.2) is 5.65 Å². The Hall–Kier alpha value is -2.28. The van der Waals surface area contributed by atoms with Gasteiger partial charge in [0.05, 0.1) is 12.2 Å². The number of hydrogen-bond acceptors (Lipinski definition) is 6. The number of piperidine rings is 1. The van der Waals surface area contributed by atoms with Crippen LogP contribution in [0.2, 0.25) is 0 Å². The minimum absolute atomic E-state index is 0.219. The van der Waals surface area contributed by atoms with Gasteiger partial charge in [0.1, 0.15) is 5.52 Å². The average Bonchev–Trinajstić information content (AvgIpc) is 2.72. The Morgan fingerprint density at radius 2 is 1.78 bits per heavy atom. The van der Waals surface area contributed by atoms with E-state index in [0.29, 0.717) is 18.1 Å². The van der Waals surface area contributed by atoms with Crippen LogP contribution in [-0.4, -0.2) is 77.0 Å². The van der Waals surface area contributed by atoms with Crippen molar-refractivity contribution in [1.82, 2.24) is 24.8 Å². The number of hydrogen-bond donors (Lipinski definition) is 0. The van der Waals surface area contributed by atoms with Crippen LogP contribution in [-0.2, 0) is 4.79 Å². The minimum Gasteiger partial charge on any atom is -0.370 e. The van der Waals surface area contributed by atoms with E-state index >= 15 is 0 Å². The van der Waals surface area contributed by atoms with E-state index in [-0.39, 0.29) is 5.91 Å². The molecule has 0 aliphatic carbocycles. The van der Waals surface area contributed by atoms with Crippen molar-refractivity contribution in [3.63, 3.8) is 0 Å². The van der Waals surface area contributed by atoms with Gasteiger partial charge in [-0.25, -0.2) is 15.0 Å². The lowest BCUT2D eigenvalue weighted by molar-refractivity contribution is -0.131. The maximum Gasteiger partial charge on any atom is 0.236 e. The Morgan fingerprint density at radius 1 is 1.11 bits per heavy atom. The molecule has 3 heterocycles. The second-order valence-electron chi connectivity index (χ2n) is 7.22. The molecule has 27 heavy (non-hydrogen) atoms. The molecular weight excluding hydrogens is 340 g/mol. The number of pyridine rings is 1. The minimum atomic E-state index is 0.219. The van der Waals surface area contributed by atoms with Crippen LogP contribution < -0.4 is 4.90 Å². The third kappa shape index (κ3) is 4.71. The first-order valence-corrected chi connectivity index (χ1v) is 9.89. The van der Waals surface area contributed by atoms with Crippen LogP contribution in [0.25, 0.3) is 11.2 Å². The highest BCUT2D eigenvalue weighted by molar-refractivity contribution is 5.85. The van der Waals surface area contributed by atoms with Crippen LogP contribution in [0.5, 0.6) is 0 Å². The smallest absolute Gasteiger partial charge is 0.236 e. The van der Waals surface area contributed by atoms with Crippen molar-refractivity contribution in [3.05, 3.63) is 24.7 Å². The normalized spacial score (nSPS) is 15.5. The molecule has 0 saturated carbocycles. The molecule has 2 aromatic rings. The van der Waals surface area contributed by atoms with Crippen molar-refractivity contribution in [2.24, 2.45) is 5.92 Å². The van der Waals surface area contributed by atoms with Gasteiger partial charge in [0.2, 0.25) is 5.91 Å². The predicted molar refractivity (Wildman–Crippen MR) is 108 cm³/mol. The van der Waals surface area contributed by atoms with E-state index in [9.17, 15) is 4.79 Å². The topological polar surface area (TPSA) is 65.5 Å². The van der Waals surface area contributed by atoms with E-state index in [2.05, 4.69) is 38.6 Å². The summed E-state index contributed by atoms with van der Waals surface area (Å²) < 4.78 is 0. The first kappa shape index (κ1) is 19.5. The highest BCUT2D eigenvalue weighted by Gasteiger charge is 2.24. The monoisotopic (exact) mass is 370 g/mol. The number of anilines is 1. The molecular formula is C20H30N6O. The van der Waals surface area contributed by atoms with Gasteiger partial charge in [-0.3, -0.25) is 9.69 Å². The molecule has 1 aliphatic heterocycles. The lowest BCUT2D eigenvalue weighted by Gasteiger charge is -2.35. The van der Waals surface area contributed by atoms with Crippen molar-refractivity contribution < 1.29 is 4.79 Å². The van der Waals surface area contributed by atoms with E-state index in [1.165, 1.54) is 0 Å². The molecule has 0 spiro atoms. The molecule has 0 atom stereocenters. The number of nitrogens with zero attached hydrogens (tertiary/aromatic N) is 6. The maximum absolute atomic E-state index is 12.4. The molecule has 0 unspecified atom stereocenters. The van der Waals surface area contributed by atoms with Crippen molar-refractivity contribution >= 4 is 22.8 Å². The fraction of sp³-hybridized carbons (Fsp3) is 0.600. The van der Waals surface area contributed by atoms with Crippen molar-refractivity contribution in [2.45, 2.75) is 26.7 Å². The Balaban J connectivity index is 1.55. The summed E-state index contributed by atoms with van der Waals surface area (Å²) in [5.41, 5.74) is 2.67. The summed E-state index contributed by atoms with van der Waals surface area (Å²) in [6.07, 6.45) is 7.35. The molecule has 1 amide bonds. The Labute approximate surface area is 161 Å². The second kappa shape index (κ2) is 9.08. The number of amides is 1. The molecule has 2 aromatic heterocycles. The first-order chi connectivity index (χ1) is 13.1. The molecule has 146 valence electrons. The molecule has 3 rings (SSSR count). The summed E-state index contributed by atoms with van der Waals surface area (Å²) in [5.74, 6) is 0.766. The SMILES string of the molecule is CCN(CC)CC(=O)N(C)CC1CCN(c2ccnc3nccnc23)CC1. The number of likely N-dealkylation sites (N-methyl/N-ethyl adjacent to an activating group) is 2. The van der Waals surface area contributed by atoms with Crippen LogP contribution in [0.1, 0.15) is 26.7 Å². The van der Waals surface area contributed by atoms with Crippen molar-refractivity contribution in [1.29, 1.82) is 0 Å². The second-order valence-corrected chi connectivity index (χ2v) is 7.22. The van der Waals surface area contributed by atoms with Gasteiger partial charge in [-0.1, -0.05) is 13.8 Å². The van der Waals surface area contributed by atoms with E-state index in [0.717, 1.165) is 56.8 Å². The number of rotatable bonds is 7. The fourth-order valence-electron chi connectivity index (χ4n) is 3.72. The molecule has 0 bridgehead atoms. The van der Waals surface area contributed by atoms with E-state index in [4.69, 9.17) is 0 Å². The maximum atomic E-state index is 12.4. The molecule has 0 radical (unpaired) electrons. The van der Waals surface area contributed by atoms with Crippen LogP contribution in [0.3, 0.4) is 0 Å². The van der Waals surface area contributed by atoms with Gasteiger partial charge in [-0.15, -0.1) is 0 Å². The summed E-state index contributed by atoms with van der Waals surface area (Å²) in [6, 6.07) is 2.02. The summed E-state index contributed by atoms with van der Waals surface area (Å²) in [4.78, 5) is 31.9. The highest BCUT2D eigenvalue weighted by Crippen LogP contribution is 2.27. The molecule has 0 aromatic carbocycles. The molecule has 7 nitrogen and oxygen atoms in total. The first-order valence-electron chi connectivity index (χ1n) is 9.89. The third-order valence-electron chi connectivity index (χ3n) is 5.52. The van der Waals surface area contributed by atoms with Gasteiger partial charge >= 0.3 is 0 Å². The summed E-state index contributed by atoms with van der Waals surface area (Å²) in [6.45, 7) is 9.32. The van der Waals surface area contributed by atoms with Gasteiger partial charge in [0.25, 0.3) is 0 Å². The molecule has 1 saturated heterocycles. The van der Waals surface area contributed by atoms with Crippen LogP contribution >= 0.6 is 0 Å². The van der Waals surface area contributed by atoms with Gasteiger partial charge in [-0.05, 0) is 37.9 Å². The summed E-state index contributed by atoms with van der Waals surface area (Å²) >= 11 is 0. The molecule has 1 fully saturated rings. The van der Waals surface area contributed by atoms with Crippen LogP contribution in [0, 0.1) is 5.92 Å². The zero-order valence-corrected chi connectivity index (χ0v) is 16.6. The number of carbonyl (C=O) groups excluding carboxylic acids is 1. The highest BCUT2D eigenvalue weighted by atomic mass is 16.2.